The minimum atomic E-state index is -1.23. The Morgan fingerprint density at radius 3 is 2.19 bits per heavy atom. The van der Waals surface area contributed by atoms with E-state index in [2.05, 4.69) is 21.2 Å². The predicted octanol–water partition coefficient (Wildman–Crippen LogP) is 3.96. The number of phenolic OH excluding ortho intramolecular Hbond substituents is 1. The number of carboxylic acid groups (broad SMARTS) is 1. The van der Waals surface area contributed by atoms with Gasteiger partial charge in [0.15, 0.2) is 5.54 Å². The number of rotatable bonds is 5. The number of aromatic hydroxyl groups is 1. The van der Waals surface area contributed by atoms with Crippen molar-refractivity contribution in [3.63, 3.8) is 0 Å². The molecule has 0 radical (unpaired) electrons. The lowest BCUT2D eigenvalue weighted by molar-refractivity contribution is -0.142. The smallest absolute Gasteiger partial charge is 0.334 e. The van der Waals surface area contributed by atoms with Crippen molar-refractivity contribution >= 4 is 27.6 Å². The number of hydrogen-bond acceptors (Lipinski definition) is 3. The zero-order chi connectivity index (χ0) is 15.5. The molecule has 0 amide bonds. The third-order valence-electron chi connectivity index (χ3n) is 3.46. The summed E-state index contributed by atoms with van der Waals surface area (Å²) in [4.78, 5) is 11.9. The van der Waals surface area contributed by atoms with Crippen LogP contribution >= 0.6 is 15.9 Å². The van der Waals surface area contributed by atoms with Crippen LogP contribution in [-0.4, -0.2) is 16.2 Å². The van der Waals surface area contributed by atoms with Crippen molar-refractivity contribution in [3.8, 4) is 5.75 Å². The lowest BCUT2D eigenvalue weighted by atomic mass is 9.86. The van der Waals surface area contributed by atoms with Crippen LogP contribution in [0.25, 0.3) is 0 Å². The summed E-state index contributed by atoms with van der Waals surface area (Å²) in [5.74, 6) is -0.851. The standard InChI is InChI=1S/C16H16BrNO3/c1-2-16(15(20)21,11-3-9-14(19)10-4-11)18-13-7-5-12(17)6-8-13/h3-10,18-19H,2H2,1H3,(H,20,21). The molecule has 0 bridgehead atoms. The van der Waals surface area contributed by atoms with E-state index < -0.39 is 11.5 Å². The van der Waals surface area contributed by atoms with Gasteiger partial charge in [0.2, 0.25) is 0 Å². The number of halogens is 1. The molecule has 110 valence electrons. The maximum Gasteiger partial charge on any atom is 0.334 e. The average molecular weight is 350 g/mol. The maximum atomic E-state index is 11.9. The molecule has 0 aromatic heterocycles. The molecule has 0 aliphatic carbocycles. The lowest BCUT2D eigenvalue weighted by Gasteiger charge is -2.31. The van der Waals surface area contributed by atoms with Gasteiger partial charge in [-0.25, -0.2) is 4.79 Å². The molecule has 0 aliphatic heterocycles. The van der Waals surface area contributed by atoms with Gasteiger partial charge in [-0.15, -0.1) is 0 Å². The molecule has 2 aromatic rings. The molecular formula is C16H16BrNO3. The van der Waals surface area contributed by atoms with E-state index in [0.29, 0.717) is 12.0 Å². The number of benzene rings is 2. The average Bonchev–Trinajstić information content (AvgIpc) is 2.47. The van der Waals surface area contributed by atoms with E-state index in [-0.39, 0.29) is 5.75 Å². The quantitative estimate of drug-likeness (QED) is 0.764. The van der Waals surface area contributed by atoms with Gasteiger partial charge in [0.05, 0.1) is 0 Å². The van der Waals surface area contributed by atoms with E-state index in [1.807, 2.05) is 31.2 Å². The van der Waals surface area contributed by atoms with Crippen molar-refractivity contribution in [2.45, 2.75) is 18.9 Å². The molecule has 0 heterocycles. The van der Waals surface area contributed by atoms with Gasteiger partial charge in [-0.1, -0.05) is 35.0 Å². The topological polar surface area (TPSA) is 69.6 Å². The molecule has 0 fully saturated rings. The Morgan fingerprint density at radius 2 is 1.71 bits per heavy atom. The van der Waals surface area contributed by atoms with E-state index in [9.17, 15) is 15.0 Å². The number of nitrogens with one attached hydrogen (secondary N) is 1. The van der Waals surface area contributed by atoms with E-state index in [1.54, 1.807) is 12.1 Å². The van der Waals surface area contributed by atoms with Crippen LogP contribution in [-0.2, 0) is 10.3 Å². The molecule has 0 spiro atoms. The van der Waals surface area contributed by atoms with Gasteiger partial charge in [-0.05, 0) is 48.4 Å². The van der Waals surface area contributed by atoms with Crippen molar-refractivity contribution in [2.75, 3.05) is 5.32 Å². The fraction of sp³-hybridized carbons (Fsp3) is 0.188. The van der Waals surface area contributed by atoms with Crippen molar-refractivity contribution in [3.05, 3.63) is 58.6 Å². The summed E-state index contributed by atoms with van der Waals surface area (Å²) in [6.07, 6.45) is 0.364. The highest BCUT2D eigenvalue weighted by Crippen LogP contribution is 2.31. The lowest BCUT2D eigenvalue weighted by Crippen LogP contribution is -2.42. The van der Waals surface area contributed by atoms with Gasteiger partial charge in [-0.2, -0.15) is 0 Å². The fourth-order valence-corrected chi connectivity index (χ4v) is 2.48. The summed E-state index contributed by atoms with van der Waals surface area (Å²) in [6.45, 7) is 1.81. The van der Waals surface area contributed by atoms with Gasteiger partial charge in [0.25, 0.3) is 0 Å². The van der Waals surface area contributed by atoms with Crippen LogP contribution in [0.5, 0.6) is 5.75 Å². The van der Waals surface area contributed by atoms with Crippen molar-refractivity contribution in [2.24, 2.45) is 0 Å². The molecule has 1 unspecified atom stereocenters. The highest BCUT2D eigenvalue weighted by atomic mass is 79.9. The molecule has 1 atom stereocenters. The summed E-state index contributed by atoms with van der Waals surface area (Å²) in [5, 5.41) is 22.2. The Kier molecular flexibility index (Phi) is 4.53. The van der Waals surface area contributed by atoms with Crippen LogP contribution in [0.15, 0.2) is 53.0 Å². The Balaban J connectivity index is 2.44. The van der Waals surface area contributed by atoms with Gasteiger partial charge < -0.3 is 15.5 Å². The Labute approximate surface area is 131 Å². The first kappa shape index (κ1) is 15.4. The first-order valence-electron chi connectivity index (χ1n) is 6.54. The Bertz CT molecular complexity index is 625. The third kappa shape index (κ3) is 3.19. The van der Waals surface area contributed by atoms with Crippen LogP contribution in [0.3, 0.4) is 0 Å². The SMILES string of the molecule is CCC(Nc1ccc(Br)cc1)(C(=O)O)c1ccc(O)cc1. The minimum Gasteiger partial charge on any atom is -0.508 e. The van der Waals surface area contributed by atoms with Crippen molar-refractivity contribution < 1.29 is 15.0 Å². The van der Waals surface area contributed by atoms with Gasteiger partial charge in [0, 0.05) is 10.2 Å². The van der Waals surface area contributed by atoms with Crippen LogP contribution in [0.2, 0.25) is 0 Å². The van der Waals surface area contributed by atoms with E-state index >= 15 is 0 Å². The first-order chi connectivity index (χ1) is 9.98. The largest absolute Gasteiger partial charge is 0.508 e. The Hall–Kier alpha value is -2.01. The molecule has 0 saturated carbocycles. The van der Waals surface area contributed by atoms with E-state index in [4.69, 9.17) is 0 Å². The second-order valence-electron chi connectivity index (χ2n) is 4.74. The predicted molar refractivity (Wildman–Crippen MR) is 85.5 cm³/mol. The van der Waals surface area contributed by atoms with Gasteiger partial charge >= 0.3 is 5.97 Å². The molecule has 2 rings (SSSR count). The number of carboxylic acids is 1. The molecule has 2 aromatic carbocycles. The number of anilines is 1. The number of carbonyl (C=O) groups is 1. The summed E-state index contributed by atoms with van der Waals surface area (Å²) in [7, 11) is 0. The highest BCUT2D eigenvalue weighted by Gasteiger charge is 2.38. The van der Waals surface area contributed by atoms with Crippen LogP contribution in [0, 0.1) is 0 Å². The molecule has 5 heteroatoms. The second-order valence-corrected chi connectivity index (χ2v) is 5.66. The minimum absolute atomic E-state index is 0.109. The fourth-order valence-electron chi connectivity index (χ4n) is 2.22. The second kappa shape index (κ2) is 6.18. The summed E-state index contributed by atoms with van der Waals surface area (Å²) in [5.41, 5.74) is 0.0791. The first-order valence-corrected chi connectivity index (χ1v) is 7.34. The summed E-state index contributed by atoms with van der Waals surface area (Å²) in [6, 6.07) is 13.6. The molecular weight excluding hydrogens is 334 g/mol. The number of aliphatic carboxylic acids is 1. The number of phenols is 1. The van der Waals surface area contributed by atoms with Crippen molar-refractivity contribution in [1.82, 2.24) is 0 Å². The zero-order valence-corrected chi connectivity index (χ0v) is 13.1. The zero-order valence-electron chi connectivity index (χ0n) is 11.5. The summed E-state index contributed by atoms with van der Waals surface area (Å²) < 4.78 is 0.926. The van der Waals surface area contributed by atoms with Crippen LogP contribution < -0.4 is 5.32 Å². The molecule has 0 aliphatic rings. The summed E-state index contributed by atoms with van der Waals surface area (Å²) >= 11 is 3.35. The maximum absolute atomic E-state index is 11.9. The molecule has 4 nitrogen and oxygen atoms in total. The Morgan fingerprint density at radius 1 is 1.14 bits per heavy atom. The normalized spacial score (nSPS) is 13.4. The third-order valence-corrected chi connectivity index (χ3v) is 3.99. The van der Waals surface area contributed by atoms with Crippen LogP contribution in [0.1, 0.15) is 18.9 Å². The van der Waals surface area contributed by atoms with E-state index in [0.717, 1.165) is 10.2 Å². The van der Waals surface area contributed by atoms with Gasteiger partial charge in [0.1, 0.15) is 5.75 Å². The molecule has 21 heavy (non-hydrogen) atoms. The van der Waals surface area contributed by atoms with Crippen LogP contribution in [0.4, 0.5) is 5.69 Å². The van der Waals surface area contributed by atoms with Gasteiger partial charge in [-0.3, -0.25) is 0 Å². The van der Waals surface area contributed by atoms with E-state index in [1.165, 1.54) is 12.1 Å². The van der Waals surface area contributed by atoms with Crippen molar-refractivity contribution in [1.29, 1.82) is 0 Å². The monoisotopic (exact) mass is 349 g/mol. The number of hydrogen-bond donors (Lipinski definition) is 3. The molecule has 3 N–H and O–H groups in total. The molecule has 0 saturated heterocycles. The highest BCUT2D eigenvalue weighted by molar-refractivity contribution is 9.10.